The second-order valence-electron chi connectivity index (χ2n) is 6.02. The minimum absolute atomic E-state index is 0.0391. The molecule has 1 amide bonds. The van der Waals surface area contributed by atoms with E-state index >= 15 is 0 Å². The molecule has 3 aromatic rings. The van der Waals surface area contributed by atoms with E-state index in [9.17, 15) is 9.59 Å². The van der Waals surface area contributed by atoms with Gasteiger partial charge >= 0.3 is 0 Å². The summed E-state index contributed by atoms with van der Waals surface area (Å²) in [4.78, 5) is 26.3. The van der Waals surface area contributed by atoms with Gasteiger partial charge in [0.15, 0.2) is 5.69 Å². The molecule has 1 aromatic heterocycles. The lowest BCUT2D eigenvalue weighted by atomic mass is 10.0. The molecule has 0 unspecified atom stereocenters. The summed E-state index contributed by atoms with van der Waals surface area (Å²) in [5, 5.41) is 8.40. The number of nitrogens with zero attached hydrogens (tertiary/aromatic N) is 2. The molecule has 0 saturated heterocycles. The number of nitrogens with one attached hydrogen (secondary N) is 1. The Morgan fingerprint density at radius 1 is 1.16 bits per heavy atom. The van der Waals surface area contributed by atoms with E-state index in [-0.39, 0.29) is 23.2 Å². The molecule has 5 nitrogen and oxygen atoms in total. The summed E-state index contributed by atoms with van der Waals surface area (Å²) in [7, 11) is 1.57. The highest BCUT2D eigenvalue weighted by atomic mass is 32.2. The first-order valence-electron chi connectivity index (χ1n) is 8.14. The largest absolute Gasteiger partial charge is 0.344 e. The second kappa shape index (κ2) is 6.37. The lowest BCUT2D eigenvalue weighted by molar-refractivity contribution is 0.0929. The normalized spacial score (nSPS) is 16.4. The topological polar surface area (TPSA) is 64.0 Å². The lowest BCUT2D eigenvalue weighted by Gasteiger charge is -2.25. The van der Waals surface area contributed by atoms with Gasteiger partial charge in [-0.25, -0.2) is 4.68 Å². The van der Waals surface area contributed by atoms with E-state index in [2.05, 4.69) is 22.5 Å². The minimum atomic E-state index is -0.251. The minimum Gasteiger partial charge on any atom is -0.344 e. The highest BCUT2D eigenvalue weighted by Crippen LogP contribution is 2.35. The fraction of sp³-hybridized carbons (Fsp3) is 0.211. The van der Waals surface area contributed by atoms with Crippen molar-refractivity contribution in [1.82, 2.24) is 15.1 Å². The van der Waals surface area contributed by atoms with Gasteiger partial charge < -0.3 is 5.32 Å². The van der Waals surface area contributed by atoms with E-state index in [4.69, 9.17) is 0 Å². The van der Waals surface area contributed by atoms with Gasteiger partial charge in [0.05, 0.1) is 11.4 Å². The van der Waals surface area contributed by atoms with Crippen LogP contribution in [-0.2, 0) is 7.05 Å². The summed E-state index contributed by atoms with van der Waals surface area (Å²) in [5.41, 5.74) is 1.22. The average molecular weight is 351 g/mol. The number of carbonyl (C=O) groups excluding carboxylic acids is 1. The molecule has 0 saturated carbocycles. The van der Waals surface area contributed by atoms with E-state index in [1.807, 2.05) is 30.0 Å². The number of rotatable bonds is 2. The van der Waals surface area contributed by atoms with Crippen molar-refractivity contribution in [1.29, 1.82) is 0 Å². The molecule has 0 spiro atoms. The molecule has 1 aliphatic heterocycles. The van der Waals surface area contributed by atoms with Crippen LogP contribution in [0.3, 0.4) is 0 Å². The van der Waals surface area contributed by atoms with Gasteiger partial charge in [0.25, 0.3) is 11.5 Å². The van der Waals surface area contributed by atoms with Crippen molar-refractivity contribution < 1.29 is 4.79 Å². The van der Waals surface area contributed by atoms with E-state index in [0.29, 0.717) is 10.8 Å². The Bertz CT molecular complexity index is 1030. The Labute approximate surface area is 149 Å². The third-order valence-electron chi connectivity index (χ3n) is 4.44. The Morgan fingerprint density at radius 3 is 2.72 bits per heavy atom. The van der Waals surface area contributed by atoms with Crippen LogP contribution >= 0.6 is 11.8 Å². The summed E-state index contributed by atoms with van der Waals surface area (Å²) >= 11 is 1.81. The molecule has 126 valence electrons. The van der Waals surface area contributed by atoms with Crippen molar-refractivity contribution in [2.75, 3.05) is 5.75 Å². The average Bonchev–Trinajstić information content (AvgIpc) is 2.65. The first kappa shape index (κ1) is 15.9. The van der Waals surface area contributed by atoms with Crippen molar-refractivity contribution in [3.63, 3.8) is 0 Å². The van der Waals surface area contributed by atoms with Crippen LogP contribution in [0.5, 0.6) is 0 Å². The predicted octanol–water partition coefficient (Wildman–Crippen LogP) is 2.90. The molecule has 25 heavy (non-hydrogen) atoms. The number of aryl methyl sites for hydroxylation is 1. The zero-order chi connectivity index (χ0) is 17.4. The zero-order valence-corrected chi connectivity index (χ0v) is 14.5. The van der Waals surface area contributed by atoms with Crippen molar-refractivity contribution in [2.45, 2.75) is 17.4 Å². The molecular weight excluding hydrogens is 334 g/mol. The van der Waals surface area contributed by atoms with E-state index in [1.54, 1.807) is 25.2 Å². The van der Waals surface area contributed by atoms with Crippen molar-refractivity contribution in [3.8, 4) is 0 Å². The van der Waals surface area contributed by atoms with E-state index in [1.165, 1.54) is 9.58 Å². The van der Waals surface area contributed by atoms with Gasteiger partial charge in [-0.15, -0.1) is 11.8 Å². The van der Waals surface area contributed by atoms with Gasteiger partial charge in [0.1, 0.15) is 0 Å². The number of thioether (sulfide) groups is 1. The molecule has 0 aliphatic carbocycles. The smallest absolute Gasteiger partial charge is 0.274 e. The van der Waals surface area contributed by atoms with E-state index in [0.717, 1.165) is 17.7 Å². The molecule has 4 rings (SSSR count). The molecular formula is C19H17N3O2S. The fourth-order valence-corrected chi connectivity index (χ4v) is 4.31. The number of carbonyl (C=O) groups is 1. The molecule has 6 heteroatoms. The number of benzene rings is 2. The molecule has 2 aromatic carbocycles. The summed E-state index contributed by atoms with van der Waals surface area (Å²) < 4.78 is 1.22. The van der Waals surface area contributed by atoms with Crippen LogP contribution in [0.15, 0.2) is 58.2 Å². The maximum absolute atomic E-state index is 12.9. The Kier molecular flexibility index (Phi) is 4.05. The Balaban J connectivity index is 1.73. The maximum Gasteiger partial charge on any atom is 0.274 e. The van der Waals surface area contributed by atoms with Gasteiger partial charge in [0, 0.05) is 23.1 Å². The van der Waals surface area contributed by atoms with Crippen LogP contribution < -0.4 is 10.9 Å². The monoisotopic (exact) mass is 351 g/mol. The van der Waals surface area contributed by atoms with Crippen molar-refractivity contribution in [3.05, 3.63) is 70.1 Å². The number of amides is 1. The highest BCUT2D eigenvalue weighted by molar-refractivity contribution is 7.99. The van der Waals surface area contributed by atoms with Crippen LogP contribution in [0.1, 0.15) is 28.5 Å². The first-order valence-corrected chi connectivity index (χ1v) is 9.12. The number of hydrogen-bond acceptors (Lipinski definition) is 4. The summed E-state index contributed by atoms with van der Waals surface area (Å²) in [6, 6.07) is 15.2. The fourth-order valence-electron chi connectivity index (χ4n) is 3.19. The molecule has 1 aliphatic rings. The standard InChI is InChI=1S/C19H17N3O2S/c1-22-19(24)13-7-3-2-6-12(13)17(21-22)18(23)20-15-10-11-25-16-9-5-4-8-14(15)16/h2-9,15H,10-11H2,1H3,(H,20,23)/t15-/m1/s1. The Morgan fingerprint density at radius 2 is 1.88 bits per heavy atom. The van der Waals surface area contributed by atoms with Gasteiger partial charge in [-0.3, -0.25) is 9.59 Å². The number of aromatic nitrogens is 2. The Hall–Kier alpha value is -2.60. The zero-order valence-electron chi connectivity index (χ0n) is 13.7. The molecule has 2 heterocycles. The molecule has 0 bridgehead atoms. The van der Waals surface area contributed by atoms with E-state index < -0.39 is 0 Å². The summed E-state index contributed by atoms with van der Waals surface area (Å²) in [6.07, 6.45) is 0.872. The van der Waals surface area contributed by atoms with Crippen LogP contribution in [0.4, 0.5) is 0 Å². The third-order valence-corrected chi connectivity index (χ3v) is 5.56. The van der Waals surface area contributed by atoms with Gasteiger partial charge in [-0.05, 0) is 24.1 Å². The van der Waals surface area contributed by atoms with Crippen molar-refractivity contribution >= 4 is 28.4 Å². The number of hydrogen-bond donors (Lipinski definition) is 1. The van der Waals surface area contributed by atoms with Crippen LogP contribution in [0.25, 0.3) is 10.8 Å². The predicted molar refractivity (Wildman–Crippen MR) is 99.0 cm³/mol. The number of fused-ring (bicyclic) bond motifs is 2. The van der Waals surface area contributed by atoms with Gasteiger partial charge in [0.2, 0.25) is 0 Å². The highest BCUT2D eigenvalue weighted by Gasteiger charge is 2.24. The van der Waals surface area contributed by atoms with Gasteiger partial charge in [-0.1, -0.05) is 36.4 Å². The third kappa shape index (κ3) is 2.82. The summed E-state index contributed by atoms with van der Waals surface area (Å²) in [5.74, 6) is 0.710. The van der Waals surface area contributed by atoms with Crippen molar-refractivity contribution in [2.24, 2.45) is 7.05 Å². The quantitative estimate of drug-likeness (QED) is 0.771. The SMILES string of the molecule is Cn1nc(C(=O)N[C@@H]2CCSc3ccccc32)c2ccccc2c1=O. The molecule has 0 radical (unpaired) electrons. The molecule has 0 fully saturated rings. The van der Waals surface area contributed by atoms with Crippen LogP contribution in [0, 0.1) is 0 Å². The van der Waals surface area contributed by atoms with Crippen LogP contribution in [-0.4, -0.2) is 21.4 Å². The molecule has 1 atom stereocenters. The summed E-state index contributed by atoms with van der Waals surface area (Å²) in [6.45, 7) is 0. The first-order chi connectivity index (χ1) is 12.1. The van der Waals surface area contributed by atoms with Crippen LogP contribution in [0.2, 0.25) is 0 Å². The lowest BCUT2D eigenvalue weighted by Crippen LogP contribution is -2.33. The van der Waals surface area contributed by atoms with Gasteiger partial charge in [-0.2, -0.15) is 5.10 Å². The maximum atomic E-state index is 12.9. The second-order valence-corrected chi connectivity index (χ2v) is 7.16. The molecule has 1 N–H and O–H groups in total.